The second-order valence-corrected chi connectivity index (χ2v) is 11.2. The molecule has 1 aliphatic carbocycles. The maximum absolute atomic E-state index is 12.7. The van der Waals surface area contributed by atoms with Crippen LogP contribution >= 0.6 is 0 Å². The zero-order valence-corrected chi connectivity index (χ0v) is 20.1. The molecule has 0 saturated heterocycles. The van der Waals surface area contributed by atoms with E-state index in [-0.39, 0.29) is 11.2 Å². The molecule has 10 heteroatoms. The van der Waals surface area contributed by atoms with E-state index >= 15 is 0 Å². The molecule has 4 rings (SSSR count). The van der Waals surface area contributed by atoms with Crippen molar-refractivity contribution in [2.24, 2.45) is 0 Å². The van der Waals surface area contributed by atoms with Gasteiger partial charge in [0.1, 0.15) is 18.0 Å². The molecule has 1 aliphatic heterocycles. The van der Waals surface area contributed by atoms with Crippen LogP contribution in [-0.2, 0) is 14.8 Å². The summed E-state index contributed by atoms with van der Waals surface area (Å²) >= 11 is 0. The van der Waals surface area contributed by atoms with Crippen LogP contribution in [0, 0.1) is 0 Å². The van der Waals surface area contributed by atoms with Gasteiger partial charge in [-0.3, -0.25) is 0 Å². The lowest BCUT2D eigenvalue weighted by atomic mass is 9.87. The van der Waals surface area contributed by atoms with Gasteiger partial charge in [0.2, 0.25) is 0 Å². The molecule has 2 aliphatic rings. The van der Waals surface area contributed by atoms with E-state index < -0.39 is 33.6 Å². The minimum Gasteiger partial charge on any atom is -0.483 e. The van der Waals surface area contributed by atoms with Gasteiger partial charge in [0.25, 0.3) is 0 Å². The van der Waals surface area contributed by atoms with E-state index in [1.807, 2.05) is 30.3 Å². The van der Waals surface area contributed by atoms with Gasteiger partial charge in [-0.15, -0.1) is 0 Å². The Labute approximate surface area is 202 Å². The lowest BCUT2D eigenvalue weighted by molar-refractivity contribution is -0.0459. The summed E-state index contributed by atoms with van der Waals surface area (Å²) in [5.41, 5.74) is -4.72. The van der Waals surface area contributed by atoms with Crippen molar-refractivity contribution in [3.8, 4) is 5.75 Å². The van der Waals surface area contributed by atoms with Gasteiger partial charge in [-0.05, 0) is 74.9 Å². The van der Waals surface area contributed by atoms with Gasteiger partial charge in [-0.1, -0.05) is 30.3 Å². The second-order valence-electron chi connectivity index (χ2n) is 9.52. The van der Waals surface area contributed by atoms with Crippen LogP contribution in [0.25, 0.3) is 5.57 Å². The average Bonchev–Trinajstić information content (AvgIpc) is 3.23. The first kappa shape index (κ1) is 25.2. The SMILES string of the molecule is CC(C)(COC(=O)c1cccc(C2=CC3(CCCC3)Oc3ccccc32)c1)NS(=O)(=O)C(F)(F)F. The van der Waals surface area contributed by atoms with Crippen LogP contribution in [0.4, 0.5) is 13.2 Å². The summed E-state index contributed by atoms with van der Waals surface area (Å²) in [7, 11) is -5.59. The zero-order valence-electron chi connectivity index (χ0n) is 19.3. The zero-order chi connectivity index (χ0) is 25.5. The highest BCUT2D eigenvalue weighted by Gasteiger charge is 2.48. The Morgan fingerprint density at radius 3 is 2.46 bits per heavy atom. The summed E-state index contributed by atoms with van der Waals surface area (Å²) in [5, 5.41) is 0. The minimum absolute atomic E-state index is 0.197. The fourth-order valence-corrected chi connectivity index (χ4v) is 5.32. The smallest absolute Gasteiger partial charge is 0.483 e. The molecule has 1 N–H and O–H groups in total. The van der Waals surface area contributed by atoms with Gasteiger partial charge in [0.05, 0.1) is 11.1 Å². The Hall–Kier alpha value is -2.85. The fourth-order valence-electron chi connectivity index (χ4n) is 4.42. The van der Waals surface area contributed by atoms with Gasteiger partial charge >= 0.3 is 21.5 Å². The van der Waals surface area contributed by atoms with Crippen LogP contribution in [0.1, 0.15) is 61.0 Å². The van der Waals surface area contributed by atoms with Gasteiger partial charge in [0, 0.05) is 5.56 Å². The predicted molar refractivity (Wildman–Crippen MR) is 124 cm³/mol. The summed E-state index contributed by atoms with van der Waals surface area (Å²) in [6.45, 7) is 1.81. The minimum atomic E-state index is -5.59. The number of rotatable bonds is 6. The van der Waals surface area contributed by atoms with E-state index in [4.69, 9.17) is 9.47 Å². The standard InChI is InChI=1S/C25H26F3NO5S/c1-23(2,29-35(31,32)25(26,27)28)16-33-22(30)18-9-7-8-17(14-18)20-15-24(12-5-6-13-24)34-21-11-4-3-10-19(20)21/h3-4,7-11,14-15,29H,5-6,12-13,16H2,1-2H3. The molecule has 6 nitrogen and oxygen atoms in total. The van der Waals surface area contributed by atoms with Crippen LogP contribution in [0.15, 0.2) is 54.6 Å². The van der Waals surface area contributed by atoms with Crippen LogP contribution in [0.3, 0.4) is 0 Å². The van der Waals surface area contributed by atoms with Crippen LogP contribution in [0.2, 0.25) is 0 Å². The van der Waals surface area contributed by atoms with Crippen LogP contribution in [0.5, 0.6) is 5.75 Å². The molecule has 188 valence electrons. The fraction of sp³-hybridized carbons (Fsp3) is 0.400. The van der Waals surface area contributed by atoms with E-state index in [9.17, 15) is 26.4 Å². The van der Waals surface area contributed by atoms with Crippen LogP contribution in [-0.4, -0.2) is 37.6 Å². The summed E-state index contributed by atoms with van der Waals surface area (Å²) in [6.07, 6.45) is 6.03. The molecule has 0 amide bonds. The topological polar surface area (TPSA) is 81.7 Å². The third-order valence-corrected chi connectivity index (χ3v) is 7.47. The first-order valence-corrected chi connectivity index (χ1v) is 12.7. The number of fused-ring (bicyclic) bond motifs is 1. The quantitative estimate of drug-likeness (QED) is 0.542. The van der Waals surface area contributed by atoms with Gasteiger partial charge in [0.15, 0.2) is 0 Å². The van der Waals surface area contributed by atoms with E-state index in [0.717, 1.165) is 48.1 Å². The molecule has 1 saturated carbocycles. The number of hydrogen-bond acceptors (Lipinski definition) is 5. The summed E-state index contributed by atoms with van der Waals surface area (Å²) in [5.74, 6) is 0.00114. The Bertz CT molecular complexity index is 1260. The highest BCUT2D eigenvalue weighted by Crippen LogP contribution is 2.45. The number of nitrogens with one attached hydrogen (secondary N) is 1. The molecule has 1 heterocycles. The number of halogens is 3. The molecule has 0 radical (unpaired) electrons. The van der Waals surface area contributed by atoms with Crippen molar-refractivity contribution in [1.82, 2.24) is 4.72 Å². The van der Waals surface area contributed by atoms with Crippen molar-refractivity contribution in [3.05, 3.63) is 71.3 Å². The number of carbonyl (C=O) groups is 1. The van der Waals surface area contributed by atoms with Crippen molar-refractivity contribution in [3.63, 3.8) is 0 Å². The summed E-state index contributed by atoms with van der Waals surface area (Å²) in [4.78, 5) is 12.7. The molecule has 1 spiro atoms. The molecular formula is C25H26F3NO5S. The number of sulfonamides is 1. The Morgan fingerprint density at radius 2 is 1.77 bits per heavy atom. The Morgan fingerprint density at radius 1 is 1.09 bits per heavy atom. The molecule has 1 fully saturated rings. The highest BCUT2D eigenvalue weighted by atomic mass is 32.2. The number of esters is 1. The van der Waals surface area contributed by atoms with E-state index in [1.165, 1.54) is 24.6 Å². The van der Waals surface area contributed by atoms with E-state index in [1.54, 1.807) is 12.1 Å². The van der Waals surface area contributed by atoms with Crippen molar-refractivity contribution >= 4 is 21.6 Å². The molecule has 0 atom stereocenters. The molecule has 2 aromatic carbocycles. The maximum Gasteiger partial charge on any atom is 0.511 e. The Kier molecular flexibility index (Phi) is 6.48. The number of alkyl halides is 3. The van der Waals surface area contributed by atoms with Crippen molar-refractivity contribution in [1.29, 1.82) is 0 Å². The van der Waals surface area contributed by atoms with Crippen LogP contribution < -0.4 is 9.46 Å². The number of para-hydroxylation sites is 1. The predicted octanol–water partition coefficient (Wildman–Crippen LogP) is 5.20. The largest absolute Gasteiger partial charge is 0.511 e. The van der Waals surface area contributed by atoms with E-state index in [2.05, 4.69) is 6.08 Å². The molecule has 2 aromatic rings. The van der Waals surface area contributed by atoms with Gasteiger partial charge < -0.3 is 9.47 Å². The monoisotopic (exact) mass is 509 g/mol. The number of hydrogen-bond donors (Lipinski definition) is 1. The maximum atomic E-state index is 12.7. The summed E-state index contributed by atoms with van der Waals surface area (Å²) < 4.78 is 74.0. The highest BCUT2D eigenvalue weighted by molar-refractivity contribution is 7.90. The van der Waals surface area contributed by atoms with Gasteiger partial charge in [-0.2, -0.15) is 17.9 Å². The first-order valence-electron chi connectivity index (χ1n) is 11.2. The molecule has 0 bridgehead atoms. The number of carbonyl (C=O) groups excluding carboxylic acids is 1. The number of benzene rings is 2. The summed E-state index contributed by atoms with van der Waals surface area (Å²) in [6, 6.07) is 14.5. The Balaban J connectivity index is 1.55. The second kappa shape index (κ2) is 8.98. The van der Waals surface area contributed by atoms with E-state index in [0.29, 0.717) is 0 Å². The van der Waals surface area contributed by atoms with Crippen molar-refractivity contribution in [2.45, 2.75) is 56.2 Å². The molecule has 0 aromatic heterocycles. The number of ether oxygens (including phenoxy) is 2. The normalized spacial score (nSPS) is 17.5. The third-order valence-electron chi connectivity index (χ3n) is 6.04. The molecule has 0 unspecified atom stereocenters. The van der Waals surface area contributed by atoms with Gasteiger partial charge in [-0.25, -0.2) is 13.2 Å². The molecule has 35 heavy (non-hydrogen) atoms. The first-order chi connectivity index (χ1) is 16.3. The van der Waals surface area contributed by atoms with Crippen molar-refractivity contribution in [2.75, 3.05) is 6.61 Å². The lowest BCUT2D eigenvalue weighted by Gasteiger charge is -2.34. The average molecular weight is 510 g/mol. The molecular weight excluding hydrogens is 483 g/mol. The lowest BCUT2D eigenvalue weighted by Crippen LogP contribution is -2.51. The third kappa shape index (κ3) is 5.38. The van der Waals surface area contributed by atoms with Crippen molar-refractivity contribution < 1.29 is 35.9 Å².